The van der Waals surface area contributed by atoms with Crippen LogP contribution in [-0.2, 0) is 9.47 Å². The molecular formula is C18H28N2O4. The van der Waals surface area contributed by atoms with Gasteiger partial charge in [-0.1, -0.05) is 25.8 Å². The smallest absolute Gasteiger partial charge is 0.411 e. The molecule has 134 valence electrons. The van der Waals surface area contributed by atoms with Crippen LogP contribution in [0, 0.1) is 0 Å². The van der Waals surface area contributed by atoms with Gasteiger partial charge in [0.25, 0.3) is 0 Å². The van der Waals surface area contributed by atoms with Crippen LogP contribution in [0.15, 0.2) is 24.3 Å². The van der Waals surface area contributed by atoms with Gasteiger partial charge in [-0.2, -0.15) is 0 Å². The van der Waals surface area contributed by atoms with Gasteiger partial charge < -0.3 is 14.2 Å². The molecule has 1 aliphatic rings. The standard InChI is InChI=1S/C18H28N2O4/c1-2-3-4-11-23-17-7-5-6-16(15-17)19-18(21)24-14-10-20-8-12-22-13-9-20/h5-7,15H,2-4,8-14H2,1H3,(H,19,21). The van der Waals surface area contributed by atoms with Crippen LogP contribution in [0.1, 0.15) is 26.2 Å². The molecule has 0 aromatic heterocycles. The van der Waals surface area contributed by atoms with Crippen molar-refractivity contribution in [1.29, 1.82) is 0 Å². The molecule has 0 saturated carbocycles. The second-order valence-electron chi connectivity index (χ2n) is 5.80. The first-order chi connectivity index (χ1) is 11.8. The average Bonchev–Trinajstić information content (AvgIpc) is 2.60. The number of carbonyl (C=O) groups is 1. The minimum atomic E-state index is -0.439. The zero-order valence-electron chi connectivity index (χ0n) is 14.5. The third kappa shape index (κ3) is 7.19. The molecule has 1 heterocycles. The largest absolute Gasteiger partial charge is 0.494 e. The zero-order valence-corrected chi connectivity index (χ0v) is 14.5. The lowest BCUT2D eigenvalue weighted by atomic mass is 10.2. The van der Waals surface area contributed by atoms with Crippen molar-refractivity contribution >= 4 is 11.8 Å². The van der Waals surface area contributed by atoms with Crippen molar-refractivity contribution in [2.75, 3.05) is 51.4 Å². The fourth-order valence-electron chi connectivity index (χ4n) is 2.45. The summed E-state index contributed by atoms with van der Waals surface area (Å²) in [6.45, 7) is 7.24. The van der Waals surface area contributed by atoms with Gasteiger partial charge in [0.1, 0.15) is 12.4 Å². The predicted molar refractivity (Wildman–Crippen MR) is 93.7 cm³/mol. The molecule has 1 aromatic rings. The van der Waals surface area contributed by atoms with Crippen LogP contribution in [0.5, 0.6) is 5.75 Å². The molecule has 6 nitrogen and oxygen atoms in total. The van der Waals surface area contributed by atoms with E-state index in [9.17, 15) is 4.79 Å². The number of hydrogen-bond acceptors (Lipinski definition) is 5. The highest BCUT2D eigenvalue weighted by Gasteiger charge is 2.11. The predicted octanol–water partition coefficient (Wildman–Crippen LogP) is 3.14. The first kappa shape index (κ1) is 18.5. The second-order valence-corrected chi connectivity index (χ2v) is 5.80. The Hall–Kier alpha value is -1.79. The van der Waals surface area contributed by atoms with Crippen molar-refractivity contribution in [2.45, 2.75) is 26.2 Å². The number of morpholine rings is 1. The van der Waals surface area contributed by atoms with E-state index in [1.807, 2.05) is 24.3 Å². The van der Waals surface area contributed by atoms with E-state index in [0.717, 1.165) is 51.4 Å². The maximum atomic E-state index is 11.8. The summed E-state index contributed by atoms with van der Waals surface area (Å²) >= 11 is 0. The molecule has 2 rings (SSSR count). The first-order valence-electron chi connectivity index (χ1n) is 8.74. The normalized spacial score (nSPS) is 15.0. The Morgan fingerprint density at radius 2 is 2.08 bits per heavy atom. The molecule has 1 amide bonds. The van der Waals surface area contributed by atoms with E-state index in [0.29, 0.717) is 18.9 Å². The topological polar surface area (TPSA) is 60.0 Å². The highest BCUT2D eigenvalue weighted by Crippen LogP contribution is 2.18. The number of nitrogens with one attached hydrogen (secondary N) is 1. The van der Waals surface area contributed by atoms with Crippen LogP contribution in [0.25, 0.3) is 0 Å². The molecule has 1 aliphatic heterocycles. The fourth-order valence-corrected chi connectivity index (χ4v) is 2.45. The lowest BCUT2D eigenvalue weighted by molar-refractivity contribution is 0.0290. The quantitative estimate of drug-likeness (QED) is 0.702. The zero-order chi connectivity index (χ0) is 17.0. The summed E-state index contributed by atoms with van der Waals surface area (Å²) in [7, 11) is 0. The second kappa shape index (κ2) is 10.9. The van der Waals surface area contributed by atoms with Crippen molar-refractivity contribution in [3.05, 3.63) is 24.3 Å². The summed E-state index contributed by atoms with van der Waals surface area (Å²) in [6.07, 6.45) is 2.93. The number of anilines is 1. The van der Waals surface area contributed by atoms with Gasteiger partial charge in [0.2, 0.25) is 0 Å². The van der Waals surface area contributed by atoms with Crippen LogP contribution in [0.2, 0.25) is 0 Å². The number of carbonyl (C=O) groups excluding carboxylic acids is 1. The molecule has 0 radical (unpaired) electrons. The van der Waals surface area contributed by atoms with Crippen molar-refractivity contribution in [2.24, 2.45) is 0 Å². The number of ether oxygens (including phenoxy) is 3. The molecule has 1 fully saturated rings. The number of amides is 1. The highest BCUT2D eigenvalue weighted by atomic mass is 16.5. The molecule has 0 atom stereocenters. The lowest BCUT2D eigenvalue weighted by Crippen LogP contribution is -2.38. The van der Waals surface area contributed by atoms with Gasteiger partial charge in [0.05, 0.1) is 19.8 Å². The van der Waals surface area contributed by atoms with E-state index < -0.39 is 6.09 Å². The van der Waals surface area contributed by atoms with Gasteiger partial charge in [-0.05, 0) is 18.6 Å². The Labute approximate surface area is 144 Å². The minimum Gasteiger partial charge on any atom is -0.494 e. The van der Waals surface area contributed by atoms with Crippen molar-refractivity contribution in [3.8, 4) is 5.75 Å². The molecular weight excluding hydrogens is 308 g/mol. The van der Waals surface area contributed by atoms with Crippen LogP contribution >= 0.6 is 0 Å². The van der Waals surface area contributed by atoms with E-state index in [4.69, 9.17) is 14.2 Å². The van der Waals surface area contributed by atoms with Gasteiger partial charge in [0, 0.05) is 31.4 Å². The molecule has 0 bridgehead atoms. The summed E-state index contributed by atoms with van der Waals surface area (Å²) in [5.74, 6) is 0.761. The van der Waals surface area contributed by atoms with Gasteiger partial charge in [0.15, 0.2) is 0 Å². The molecule has 1 saturated heterocycles. The molecule has 0 unspecified atom stereocenters. The molecule has 0 spiro atoms. The lowest BCUT2D eigenvalue weighted by Gasteiger charge is -2.26. The number of benzene rings is 1. The van der Waals surface area contributed by atoms with Crippen molar-refractivity contribution < 1.29 is 19.0 Å². The molecule has 6 heteroatoms. The van der Waals surface area contributed by atoms with Crippen molar-refractivity contribution in [1.82, 2.24) is 4.90 Å². The average molecular weight is 336 g/mol. The van der Waals surface area contributed by atoms with Crippen LogP contribution in [0.4, 0.5) is 10.5 Å². The summed E-state index contributed by atoms with van der Waals surface area (Å²) in [6, 6.07) is 7.39. The van der Waals surface area contributed by atoms with Gasteiger partial charge in [-0.3, -0.25) is 10.2 Å². The van der Waals surface area contributed by atoms with Gasteiger partial charge in [-0.15, -0.1) is 0 Å². The van der Waals surface area contributed by atoms with Crippen LogP contribution in [0.3, 0.4) is 0 Å². The van der Waals surface area contributed by atoms with Gasteiger partial charge >= 0.3 is 6.09 Å². The molecule has 1 aromatic carbocycles. The van der Waals surface area contributed by atoms with Crippen LogP contribution < -0.4 is 10.1 Å². The third-order valence-electron chi connectivity index (χ3n) is 3.84. The SMILES string of the molecule is CCCCCOc1cccc(NC(=O)OCCN2CCOCC2)c1. The Kier molecular flexibility index (Phi) is 8.41. The summed E-state index contributed by atoms with van der Waals surface area (Å²) in [5, 5.41) is 2.74. The van der Waals surface area contributed by atoms with Crippen molar-refractivity contribution in [3.63, 3.8) is 0 Å². The number of hydrogen-bond donors (Lipinski definition) is 1. The third-order valence-corrected chi connectivity index (χ3v) is 3.84. The number of nitrogens with zero attached hydrogens (tertiary/aromatic N) is 1. The number of rotatable bonds is 9. The Morgan fingerprint density at radius 3 is 2.88 bits per heavy atom. The van der Waals surface area contributed by atoms with E-state index >= 15 is 0 Å². The Balaban J connectivity index is 1.66. The minimum absolute atomic E-state index is 0.374. The highest BCUT2D eigenvalue weighted by molar-refractivity contribution is 5.84. The molecule has 0 aliphatic carbocycles. The maximum absolute atomic E-state index is 11.8. The van der Waals surface area contributed by atoms with Gasteiger partial charge in [-0.25, -0.2) is 4.79 Å². The Bertz CT molecular complexity index is 490. The summed E-state index contributed by atoms with van der Waals surface area (Å²) < 4.78 is 16.2. The summed E-state index contributed by atoms with van der Waals surface area (Å²) in [4.78, 5) is 14.1. The number of unbranched alkanes of at least 4 members (excludes halogenated alkanes) is 2. The van der Waals surface area contributed by atoms with E-state index in [-0.39, 0.29) is 0 Å². The fraction of sp³-hybridized carbons (Fsp3) is 0.611. The summed E-state index contributed by atoms with van der Waals surface area (Å²) in [5.41, 5.74) is 0.680. The molecule has 24 heavy (non-hydrogen) atoms. The monoisotopic (exact) mass is 336 g/mol. The van der Waals surface area contributed by atoms with Crippen LogP contribution in [-0.4, -0.2) is 57.1 Å². The first-order valence-corrected chi connectivity index (χ1v) is 8.74. The Morgan fingerprint density at radius 1 is 1.25 bits per heavy atom. The van der Waals surface area contributed by atoms with E-state index in [1.54, 1.807) is 0 Å². The maximum Gasteiger partial charge on any atom is 0.411 e. The van der Waals surface area contributed by atoms with E-state index in [2.05, 4.69) is 17.1 Å². The van der Waals surface area contributed by atoms with E-state index in [1.165, 1.54) is 6.42 Å². The molecule has 1 N–H and O–H groups in total.